The molecule has 0 heterocycles. The second-order valence-electron chi connectivity index (χ2n) is 8.11. The number of rotatable bonds is 4. The molecule has 0 saturated carbocycles. The Hall–Kier alpha value is -2.64. The maximum Gasteiger partial charge on any atom is 0.420 e. The van der Waals surface area contributed by atoms with E-state index in [-0.39, 0.29) is 12.2 Å². The van der Waals surface area contributed by atoms with Crippen LogP contribution in [0.2, 0.25) is 0 Å². The molecular weight excluding hydrogens is 352 g/mol. The minimum Gasteiger partial charge on any atom is -0.443 e. The van der Waals surface area contributed by atoms with Crippen LogP contribution >= 0.6 is 0 Å². The van der Waals surface area contributed by atoms with Crippen LogP contribution in [-0.4, -0.2) is 33.2 Å². The highest BCUT2D eigenvalue weighted by Crippen LogP contribution is 2.23. The number of carbonyl (C=O) groups is 2. The van der Waals surface area contributed by atoms with Crippen molar-refractivity contribution < 1.29 is 24.0 Å². The zero-order chi connectivity index (χ0) is 21.0. The number of imide groups is 1. The van der Waals surface area contributed by atoms with Crippen molar-refractivity contribution in [3.63, 3.8) is 0 Å². The molecule has 0 spiro atoms. The van der Waals surface area contributed by atoms with Gasteiger partial charge in [-0.25, -0.2) is 14.5 Å². The highest BCUT2D eigenvalue weighted by molar-refractivity contribution is 5.88. The lowest BCUT2D eigenvalue weighted by atomic mass is 10.0. The fourth-order valence-corrected chi connectivity index (χ4v) is 2.23. The molecule has 0 radical (unpaired) electrons. The number of carbonyl (C=O) groups excluding carboxylic acids is 2. The minimum atomic E-state index is -0.870. The number of nitro benzene ring substituents is 1. The van der Waals surface area contributed by atoms with Crippen molar-refractivity contribution in [2.24, 2.45) is 0 Å². The molecule has 0 bridgehead atoms. The molecule has 1 aromatic carbocycles. The summed E-state index contributed by atoms with van der Waals surface area (Å²) in [5.74, 6) is 0. The number of benzene rings is 1. The Morgan fingerprint density at radius 2 is 1.48 bits per heavy atom. The van der Waals surface area contributed by atoms with Crippen molar-refractivity contribution in [1.82, 2.24) is 4.90 Å². The van der Waals surface area contributed by atoms with Gasteiger partial charge < -0.3 is 9.47 Å². The third kappa shape index (κ3) is 7.24. The summed E-state index contributed by atoms with van der Waals surface area (Å²) >= 11 is 0. The van der Waals surface area contributed by atoms with Crippen LogP contribution in [0.25, 0.3) is 0 Å². The van der Waals surface area contributed by atoms with Crippen molar-refractivity contribution >= 4 is 17.9 Å². The van der Waals surface area contributed by atoms with Crippen molar-refractivity contribution in [3.05, 3.63) is 39.4 Å². The van der Waals surface area contributed by atoms with Gasteiger partial charge in [0.25, 0.3) is 5.69 Å². The zero-order valence-electron chi connectivity index (χ0n) is 17.0. The van der Waals surface area contributed by atoms with Gasteiger partial charge in [0.15, 0.2) is 0 Å². The standard InChI is InChI=1S/C19H28N2O6/c1-8-13-9-10-15(21(24)25)11-14(13)12-20(16(22)26-18(2,3)4)17(23)27-19(5,6)7/h9-11H,8,12H2,1-7H3. The maximum absolute atomic E-state index is 12.6. The van der Waals surface area contributed by atoms with Crippen LogP contribution in [0, 0.1) is 10.1 Å². The second-order valence-corrected chi connectivity index (χ2v) is 8.11. The summed E-state index contributed by atoms with van der Waals surface area (Å²) in [6.45, 7) is 11.8. The van der Waals surface area contributed by atoms with E-state index in [1.165, 1.54) is 12.1 Å². The lowest BCUT2D eigenvalue weighted by molar-refractivity contribution is -0.384. The molecule has 0 atom stereocenters. The summed E-state index contributed by atoms with van der Waals surface area (Å²) in [7, 11) is 0. The summed E-state index contributed by atoms with van der Waals surface area (Å²) in [4.78, 5) is 36.6. The van der Waals surface area contributed by atoms with E-state index in [2.05, 4.69) is 0 Å². The number of nitrogens with zero attached hydrogens (tertiary/aromatic N) is 2. The Kier molecular flexibility index (Phi) is 6.94. The van der Waals surface area contributed by atoms with Gasteiger partial charge in [-0.3, -0.25) is 10.1 Å². The first-order chi connectivity index (χ1) is 12.2. The molecule has 0 aliphatic rings. The molecule has 8 nitrogen and oxygen atoms in total. The van der Waals surface area contributed by atoms with Crippen molar-refractivity contribution in [3.8, 4) is 0 Å². The number of nitro groups is 1. The summed E-state index contributed by atoms with van der Waals surface area (Å²) in [5, 5.41) is 11.1. The van der Waals surface area contributed by atoms with Crippen LogP contribution in [0.3, 0.4) is 0 Å². The number of aryl methyl sites for hydroxylation is 1. The molecule has 0 fully saturated rings. The molecule has 0 aliphatic carbocycles. The van der Waals surface area contributed by atoms with E-state index < -0.39 is 28.3 Å². The molecule has 8 heteroatoms. The second kappa shape index (κ2) is 8.37. The molecule has 1 rings (SSSR count). The van der Waals surface area contributed by atoms with Crippen LogP contribution in [0.4, 0.5) is 15.3 Å². The lowest BCUT2D eigenvalue weighted by Gasteiger charge is -2.29. The summed E-state index contributed by atoms with van der Waals surface area (Å²) in [6, 6.07) is 4.38. The Morgan fingerprint density at radius 3 is 1.85 bits per heavy atom. The molecule has 27 heavy (non-hydrogen) atoms. The first-order valence-electron chi connectivity index (χ1n) is 8.73. The highest BCUT2D eigenvalue weighted by Gasteiger charge is 2.32. The molecular formula is C19H28N2O6. The molecule has 0 aromatic heterocycles. The SMILES string of the molecule is CCc1ccc([N+](=O)[O-])cc1CN(C(=O)OC(C)(C)C)C(=O)OC(C)(C)C. The molecule has 0 saturated heterocycles. The summed E-state index contributed by atoms with van der Waals surface area (Å²) in [6.07, 6.45) is -1.15. The molecule has 0 aliphatic heterocycles. The van der Waals surface area contributed by atoms with Gasteiger partial charge in [-0.2, -0.15) is 0 Å². The quantitative estimate of drug-likeness (QED) is 0.548. The van der Waals surface area contributed by atoms with Crippen molar-refractivity contribution in [1.29, 1.82) is 0 Å². The predicted molar refractivity (Wildman–Crippen MR) is 100 cm³/mol. The van der Waals surface area contributed by atoms with Crippen molar-refractivity contribution in [2.45, 2.75) is 72.6 Å². The molecule has 0 N–H and O–H groups in total. The van der Waals surface area contributed by atoms with E-state index in [1.54, 1.807) is 47.6 Å². The third-order valence-electron chi connectivity index (χ3n) is 3.34. The molecule has 0 unspecified atom stereocenters. The molecule has 2 amide bonds. The normalized spacial score (nSPS) is 11.7. The van der Waals surface area contributed by atoms with E-state index in [1.807, 2.05) is 6.92 Å². The lowest BCUT2D eigenvalue weighted by Crippen LogP contribution is -2.43. The van der Waals surface area contributed by atoms with E-state index >= 15 is 0 Å². The number of hydrogen-bond acceptors (Lipinski definition) is 6. The Bertz CT molecular complexity index is 688. The van der Waals surface area contributed by atoms with Gasteiger partial charge in [0, 0.05) is 12.1 Å². The zero-order valence-corrected chi connectivity index (χ0v) is 17.0. The smallest absolute Gasteiger partial charge is 0.420 e. The number of non-ortho nitro benzene ring substituents is 1. The first-order valence-corrected chi connectivity index (χ1v) is 8.73. The highest BCUT2D eigenvalue weighted by atomic mass is 16.6. The fourth-order valence-electron chi connectivity index (χ4n) is 2.23. The molecule has 1 aromatic rings. The minimum absolute atomic E-state index is 0.115. The Morgan fingerprint density at radius 1 is 1.00 bits per heavy atom. The van der Waals surface area contributed by atoms with Crippen LogP contribution < -0.4 is 0 Å². The summed E-state index contributed by atoms with van der Waals surface area (Å²) in [5.41, 5.74) is -0.460. The van der Waals surface area contributed by atoms with E-state index in [0.717, 1.165) is 10.5 Å². The van der Waals surface area contributed by atoms with Crippen LogP contribution in [0.1, 0.15) is 59.6 Å². The predicted octanol–water partition coefficient (Wildman–Crippen LogP) is 4.83. The molecule has 150 valence electrons. The van der Waals surface area contributed by atoms with Gasteiger partial charge in [0.2, 0.25) is 0 Å². The fraction of sp³-hybridized carbons (Fsp3) is 0.579. The number of hydrogen-bond donors (Lipinski definition) is 0. The average Bonchev–Trinajstić information content (AvgIpc) is 2.48. The van der Waals surface area contributed by atoms with Gasteiger partial charge in [-0.05, 0) is 59.1 Å². The van der Waals surface area contributed by atoms with E-state index in [4.69, 9.17) is 9.47 Å². The Balaban J connectivity index is 3.27. The Labute approximate surface area is 159 Å². The van der Waals surface area contributed by atoms with Crippen LogP contribution in [-0.2, 0) is 22.4 Å². The summed E-state index contributed by atoms with van der Waals surface area (Å²) < 4.78 is 10.6. The van der Waals surface area contributed by atoms with Gasteiger partial charge in [-0.15, -0.1) is 0 Å². The number of amides is 2. The maximum atomic E-state index is 12.6. The van der Waals surface area contributed by atoms with E-state index in [0.29, 0.717) is 12.0 Å². The van der Waals surface area contributed by atoms with Gasteiger partial charge in [-0.1, -0.05) is 13.0 Å². The van der Waals surface area contributed by atoms with Gasteiger partial charge in [0.1, 0.15) is 11.2 Å². The number of ether oxygens (including phenoxy) is 2. The van der Waals surface area contributed by atoms with Crippen LogP contribution in [0.5, 0.6) is 0 Å². The third-order valence-corrected chi connectivity index (χ3v) is 3.34. The van der Waals surface area contributed by atoms with Crippen LogP contribution in [0.15, 0.2) is 18.2 Å². The van der Waals surface area contributed by atoms with Gasteiger partial charge >= 0.3 is 12.2 Å². The average molecular weight is 380 g/mol. The van der Waals surface area contributed by atoms with Crippen molar-refractivity contribution in [2.75, 3.05) is 0 Å². The largest absolute Gasteiger partial charge is 0.443 e. The van der Waals surface area contributed by atoms with Gasteiger partial charge in [0.05, 0.1) is 11.5 Å². The topological polar surface area (TPSA) is 99.0 Å². The monoisotopic (exact) mass is 380 g/mol. The first kappa shape index (κ1) is 22.4. The van der Waals surface area contributed by atoms with E-state index in [9.17, 15) is 19.7 Å².